The van der Waals surface area contributed by atoms with Crippen molar-refractivity contribution in [3.8, 4) is 0 Å². The smallest absolute Gasteiger partial charge is 0.0620 e. The number of hydrogen-bond donors (Lipinski definition) is 0. The highest BCUT2D eigenvalue weighted by Gasteiger charge is 2.49. The molecule has 3 rings (SSSR count). The molecule has 0 spiro atoms. The normalized spacial score (nSPS) is 12.8. The van der Waals surface area contributed by atoms with Crippen LogP contribution in [0, 0.1) is 0 Å². The molecule has 0 aliphatic heterocycles. The Bertz CT molecular complexity index is 616. The van der Waals surface area contributed by atoms with Gasteiger partial charge in [0.25, 0.3) is 0 Å². The van der Waals surface area contributed by atoms with Gasteiger partial charge in [-0.15, -0.1) is 0 Å². The molecule has 22 heavy (non-hydrogen) atoms. The van der Waals surface area contributed by atoms with E-state index in [-0.39, 0.29) is 6.31 Å². The second-order valence-corrected chi connectivity index (χ2v) is 17.2. The molecule has 1 unspecified atom stereocenters. The average Bonchev–Trinajstić information content (AvgIpc) is 2.58. The molecule has 0 fully saturated rings. The summed E-state index contributed by atoms with van der Waals surface area (Å²) in [6.07, 6.45) is -0.353. The van der Waals surface area contributed by atoms with Crippen molar-refractivity contribution >= 4 is 44.7 Å². The maximum Gasteiger partial charge on any atom is 0.140 e. The number of hydrogen-bond acceptors (Lipinski definition) is 0. The van der Waals surface area contributed by atoms with E-state index in [1.54, 1.807) is 0 Å². The summed E-state index contributed by atoms with van der Waals surface area (Å²) in [5, 5.41) is 4.33. The zero-order valence-corrected chi connectivity index (χ0v) is 15.8. The van der Waals surface area contributed by atoms with Crippen LogP contribution in [0.1, 0.15) is 0 Å². The molecular formula is C19H18BrP2+. The van der Waals surface area contributed by atoms with E-state index in [2.05, 4.69) is 113 Å². The predicted molar refractivity (Wildman–Crippen MR) is 107 cm³/mol. The van der Waals surface area contributed by atoms with E-state index in [9.17, 15) is 0 Å². The highest BCUT2D eigenvalue weighted by atomic mass is 79.9. The third-order valence-electron chi connectivity index (χ3n) is 3.80. The zero-order chi connectivity index (χ0) is 15.4. The molecule has 3 heteroatoms. The summed E-state index contributed by atoms with van der Waals surface area (Å²) in [7, 11) is 0. The van der Waals surface area contributed by atoms with Gasteiger partial charge in [-0.05, 0) is 51.9 Å². The molecule has 0 nitrogen and oxygen atoms in total. The standard InChI is InChI=1S/C19H18BrP2/c1-21(20)22(17-11-5-2-6-12-17,18-13-7-3-8-14-18)19-15-9-4-10-16-19/h2-16H,1H3/q+1. The van der Waals surface area contributed by atoms with Gasteiger partial charge in [-0.2, -0.15) is 0 Å². The second-order valence-electron chi connectivity index (χ2n) is 5.09. The first-order chi connectivity index (χ1) is 10.8. The Hall–Kier alpha value is -1.00. The molecule has 0 aliphatic rings. The van der Waals surface area contributed by atoms with Crippen LogP contribution in [0.4, 0.5) is 0 Å². The van der Waals surface area contributed by atoms with Crippen molar-refractivity contribution in [1.82, 2.24) is 0 Å². The maximum absolute atomic E-state index is 4.02. The first-order valence-electron chi connectivity index (χ1n) is 7.22. The van der Waals surface area contributed by atoms with Crippen molar-refractivity contribution in [2.45, 2.75) is 0 Å². The molecule has 0 aromatic heterocycles. The van der Waals surface area contributed by atoms with Crippen molar-refractivity contribution in [1.29, 1.82) is 0 Å². The van der Waals surface area contributed by atoms with E-state index < -0.39 is 6.95 Å². The lowest BCUT2D eigenvalue weighted by Gasteiger charge is -2.29. The van der Waals surface area contributed by atoms with Crippen LogP contribution < -0.4 is 15.9 Å². The Morgan fingerprint density at radius 3 is 1.09 bits per heavy atom. The van der Waals surface area contributed by atoms with Crippen molar-refractivity contribution in [3.05, 3.63) is 91.0 Å². The summed E-state index contributed by atoms with van der Waals surface area (Å²) in [6.45, 7) is 0.700. The minimum Gasteiger partial charge on any atom is -0.0620 e. The predicted octanol–water partition coefficient (Wildman–Crippen LogP) is 5.32. The lowest BCUT2D eigenvalue weighted by atomic mass is 10.4. The highest BCUT2D eigenvalue weighted by Crippen LogP contribution is 2.83. The van der Waals surface area contributed by atoms with Crippen LogP contribution >= 0.6 is 28.8 Å². The van der Waals surface area contributed by atoms with Crippen LogP contribution in [-0.4, -0.2) is 6.66 Å². The fraction of sp³-hybridized carbons (Fsp3) is 0.0526. The summed E-state index contributed by atoms with van der Waals surface area (Å²) >= 11 is 4.02. The van der Waals surface area contributed by atoms with Gasteiger partial charge < -0.3 is 0 Å². The minimum atomic E-state index is -1.64. The van der Waals surface area contributed by atoms with Crippen molar-refractivity contribution < 1.29 is 0 Å². The van der Waals surface area contributed by atoms with E-state index in [4.69, 9.17) is 0 Å². The number of halogens is 1. The summed E-state index contributed by atoms with van der Waals surface area (Å²) in [4.78, 5) is 0. The van der Waals surface area contributed by atoms with Crippen molar-refractivity contribution in [2.24, 2.45) is 0 Å². The van der Waals surface area contributed by atoms with Crippen LogP contribution in [0.15, 0.2) is 91.0 Å². The van der Waals surface area contributed by atoms with Gasteiger partial charge in [0.05, 0.1) is 0 Å². The van der Waals surface area contributed by atoms with Gasteiger partial charge in [0.1, 0.15) is 29.2 Å². The Balaban J connectivity index is 2.34. The molecule has 0 heterocycles. The quantitative estimate of drug-likeness (QED) is 0.531. The molecule has 0 radical (unpaired) electrons. The third kappa shape index (κ3) is 2.79. The molecule has 0 saturated carbocycles. The van der Waals surface area contributed by atoms with E-state index in [0.717, 1.165) is 0 Å². The van der Waals surface area contributed by atoms with Gasteiger partial charge in [-0.25, -0.2) is 0 Å². The van der Waals surface area contributed by atoms with Gasteiger partial charge in [0, 0.05) is 6.66 Å². The van der Waals surface area contributed by atoms with Crippen LogP contribution in [0.2, 0.25) is 0 Å². The number of rotatable bonds is 4. The molecule has 3 aromatic carbocycles. The highest BCUT2D eigenvalue weighted by molar-refractivity contribution is 9.46. The topological polar surface area (TPSA) is 0 Å². The lowest BCUT2D eigenvalue weighted by molar-refractivity contribution is 1.73. The van der Waals surface area contributed by atoms with Gasteiger partial charge >= 0.3 is 0 Å². The fourth-order valence-electron chi connectivity index (χ4n) is 2.86. The second kappa shape index (κ2) is 7.05. The zero-order valence-electron chi connectivity index (χ0n) is 12.4. The molecule has 0 N–H and O–H groups in total. The Morgan fingerprint density at radius 2 is 0.864 bits per heavy atom. The van der Waals surface area contributed by atoms with Gasteiger partial charge in [-0.3, -0.25) is 0 Å². The fourth-order valence-corrected chi connectivity index (χ4v) is 15.5. The first kappa shape index (κ1) is 15.9. The first-order valence-corrected chi connectivity index (χ1v) is 13.5. The van der Waals surface area contributed by atoms with E-state index >= 15 is 0 Å². The molecule has 1 atom stereocenters. The lowest BCUT2D eigenvalue weighted by Crippen LogP contribution is -2.28. The Morgan fingerprint density at radius 1 is 0.591 bits per heavy atom. The Labute approximate surface area is 142 Å². The van der Waals surface area contributed by atoms with E-state index in [0.29, 0.717) is 0 Å². The molecular weight excluding hydrogens is 370 g/mol. The monoisotopic (exact) mass is 387 g/mol. The molecule has 0 aliphatic carbocycles. The van der Waals surface area contributed by atoms with Gasteiger partial charge in [0.2, 0.25) is 0 Å². The van der Waals surface area contributed by atoms with E-state index in [1.165, 1.54) is 15.9 Å². The van der Waals surface area contributed by atoms with Gasteiger partial charge in [0.15, 0.2) is 0 Å². The maximum atomic E-state index is 4.02. The molecule has 110 valence electrons. The van der Waals surface area contributed by atoms with Crippen LogP contribution in [0.3, 0.4) is 0 Å². The van der Waals surface area contributed by atoms with Crippen LogP contribution in [0.25, 0.3) is 0 Å². The molecule has 0 amide bonds. The van der Waals surface area contributed by atoms with Crippen LogP contribution in [0.5, 0.6) is 0 Å². The minimum absolute atomic E-state index is 0.353. The van der Waals surface area contributed by atoms with Crippen molar-refractivity contribution in [2.75, 3.05) is 6.66 Å². The Kier molecular flexibility index (Phi) is 5.09. The average molecular weight is 388 g/mol. The van der Waals surface area contributed by atoms with Crippen molar-refractivity contribution in [3.63, 3.8) is 0 Å². The number of benzene rings is 3. The molecule has 3 aromatic rings. The summed E-state index contributed by atoms with van der Waals surface area (Å²) < 4.78 is 0. The van der Waals surface area contributed by atoms with Crippen LogP contribution in [-0.2, 0) is 0 Å². The molecule has 0 saturated heterocycles. The van der Waals surface area contributed by atoms with E-state index in [1.807, 2.05) is 0 Å². The van der Waals surface area contributed by atoms with Gasteiger partial charge in [-0.1, -0.05) is 54.6 Å². The SMILES string of the molecule is CP(Br)[P+](c1ccccc1)(c1ccccc1)c1ccccc1. The molecule has 0 bridgehead atoms. The largest absolute Gasteiger partial charge is 0.140 e. The summed E-state index contributed by atoms with van der Waals surface area (Å²) in [5.74, 6) is 0. The summed E-state index contributed by atoms with van der Waals surface area (Å²) in [5.41, 5.74) is 0. The third-order valence-corrected chi connectivity index (χ3v) is 16.6. The summed E-state index contributed by atoms with van der Waals surface area (Å²) in [6, 6.07) is 32.9.